The zero-order chi connectivity index (χ0) is 20.3. The van der Waals surface area contributed by atoms with Crippen molar-refractivity contribution in [3.63, 3.8) is 0 Å². The van der Waals surface area contributed by atoms with Crippen LogP contribution >= 0.6 is 0 Å². The number of non-ortho nitro benzene ring substituents is 1. The number of carbonyl (C=O) groups excluding carboxylic acids is 1. The smallest absolute Gasteiger partial charge is 0.312 e. The molecule has 0 aliphatic carbocycles. The van der Waals surface area contributed by atoms with E-state index in [1.807, 2.05) is 38.1 Å². The third-order valence-electron chi connectivity index (χ3n) is 5.14. The highest BCUT2D eigenvalue weighted by molar-refractivity contribution is 5.77. The number of esters is 1. The number of carbonyl (C=O) groups is 1. The van der Waals surface area contributed by atoms with Crippen LogP contribution in [-0.4, -0.2) is 22.5 Å². The number of hydrogen-bond acceptors (Lipinski definition) is 6. The Labute approximate surface area is 163 Å². The first kappa shape index (κ1) is 19.5. The van der Waals surface area contributed by atoms with Crippen molar-refractivity contribution in [2.45, 2.75) is 32.2 Å². The van der Waals surface area contributed by atoms with Gasteiger partial charge in [-0.3, -0.25) is 19.9 Å². The summed E-state index contributed by atoms with van der Waals surface area (Å²) in [6.45, 7) is 5.87. The molecule has 3 atom stereocenters. The molecule has 1 aliphatic rings. The number of aromatic nitrogens is 1. The molecule has 2 heterocycles. The normalized spacial score (nSPS) is 24.0. The number of hydrogen-bond donors (Lipinski definition) is 1. The van der Waals surface area contributed by atoms with Crippen LogP contribution in [0, 0.1) is 16.0 Å². The van der Waals surface area contributed by atoms with Crippen LogP contribution in [0.1, 0.15) is 37.8 Å². The second kappa shape index (κ2) is 7.80. The maximum absolute atomic E-state index is 13.1. The van der Waals surface area contributed by atoms with Crippen molar-refractivity contribution in [3.05, 3.63) is 81.8 Å². The predicted octanol–water partition coefficient (Wildman–Crippen LogP) is 3.68. The number of benzene rings is 1. The first-order valence-electron chi connectivity index (χ1n) is 9.15. The van der Waals surface area contributed by atoms with Gasteiger partial charge in [-0.05, 0) is 38.0 Å². The Morgan fingerprint density at radius 2 is 2.14 bits per heavy atom. The Kier molecular flexibility index (Phi) is 5.44. The zero-order valence-electron chi connectivity index (χ0n) is 16.1. The third kappa shape index (κ3) is 3.60. The van der Waals surface area contributed by atoms with Gasteiger partial charge in [-0.1, -0.05) is 24.3 Å². The predicted molar refractivity (Wildman–Crippen MR) is 104 cm³/mol. The minimum absolute atomic E-state index is 0.00669. The summed E-state index contributed by atoms with van der Waals surface area (Å²) in [5.41, 5.74) is 1.63. The van der Waals surface area contributed by atoms with E-state index in [9.17, 15) is 14.9 Å². The molecule has 0 fully saturated rings. The fraction of sp³-hybridized carbons (Fsp3) is 0.333. The van der Waals surface area contributed by atoms with Gasteiger partial charge in [-0.25, -0.2) is 0 Å². The van der Waals surface area contributed by atoms with Crippen LogP contribution < -0.4 is 5.32 Å². The number of nitrogens with zero attached hydrogens (tertiary/aromatic N) is 2. The Morgan fingerprint density at radius 3 is 2.79 bits per heavy atom. The molecule has 1 N–H and O–H groups in total. The highest BCUT2D eigenvalue weighted by Crippen LogP contribution is 2.45. The average Bonchev–Trinajstić information content (AvgIpc) is 2.68. The standard InChI is InChI=1S/C21H23N3O4/c1-4-28-20(25)19-18(15-7-5-9-17(12-15)24(26)27)11-14(2)23-21(19,3)16-8-6-10-22-13-16/h5-13,18-19,23H,4H2,1-3H3. The maximum Gasteiger partial charge on any atom is 0.312 e. The summed E-state index contributed by atoms with van der Waals surface area (Å²) in [5, 5.41) is 14.7. The molecule has 28 heavy (non-hydrogen) atoms. The molecule has 7 heteroatoms. The lowest BCUT2D eigenvalue weighted by atomic mass is 9.68. The van der Waals surface area contributed by atoms with E-state index < -0.39 is 16.4 Å². The lowest BCUT2D eigenvalue weighted by Gasteiger charge is -2.45. The Hall–Kier alpha value is -3.22. The zero-order valence-corrected chi connectivity index (χ0v) is 16.1. The van der Waals surface area contributed by atoms with Gasteiger partial charge in [0.05, 0.1) is 23.0 Å². The maximum atomic E-state index is 13.1. The lowest BCUT2D eigenvalue weighted by Crippen LogP contribution is -2.53. The van der Waals surface area contributed by atoms with E-state index in [0.29, 0.717) is 5.56 Å². The van der Waals surface area contributed by atoms with Gasteiger partial charge in [-0.2, -0.15) is 0 Å². The molecular weight excluding hydrogens is 358 g/mol. The van der Waals surface area contributed by atoms with Crippen molar-refractivity contribution in [1.82, 2.24) is 10.3 Å². The van der Waals surface area contributed by atoms with Crippen molar-refractivity contribution in [2.24, 2.45) is 5.92 Å². The molecule has 7 nitrogen and oxygen atoms in total. The molecule has 1 aromatic carbocycles. The molecule has 3 rings (SSSR count). The van der Waals surface area contributed by atoms with Crippen LogP contribution in [0.5, 0.6) is 0 Å². The highest BCUT2D eigenvalue weighted by Gasteiger charge is 2.48. The van der Waals surface area contributed by atoms with Gasteiger partial charge in [0, 0.05) is 36.1 Å². The molecule has 1 aliphatic heterocycles. The Bertz CT molecular complexity index is 913. The summed E-state index contributed by atoms with van der Waals surface area (Å²) >= 11 is 0. The first-order chi connectivity index (χ1) is 13.4. The number of nitrogens with one attached hydrogen (secondary N) is 1. The van der Waals surface area contributed by atoms with Crippen molar-refractivity contribution < 1.29 is 14.5 Å². The summed E-state index contributed by atoms with van der Waals surface area (Å²) in [6, 6.07) is 10.2. The van der Waals surface area contributed by atoms with Gasteiger partial charge >= 0.3 is 5.97 Å². The number of allylic oxidation sites excluding steroid dienone is 2. The van der Waals surface area contributed by atoms with Crippen molar-refractivity contribution in [1.29, 1.82) is 0 Å². The van der Waals surface area contributed by atoms with Crippen LogP contribution in [0.15, 0.2) is 60.6 Å². The summed E-state index contributed by atoms with van der Waals surface area (Å²) in [6.07, 6.45) is 5.33. The minimum atomic E-state index is -0.783. The topological polar surface area (TPSA) is 94.4 Å². The van der Waals surface area contributed by atoms with Crippen LogP contribution in [0.4, 0.5) is 5.69 Å². The van der Waals surface area contributed by atoms with E-state index in [-0.39, 0.29) is 24.2 Å². The molecule has 0 amide bonds. The Balaban J connectivity index is 2.17. The number of ether oxygens (including phenoxy) is 1. The van der Waals surface area contributed by atoms with E-state index in [4.69, 9.17) is 4.74 Å². The van der Waals surface area contributed by atoms with Gasteiger partial charge in [0.25, 0.3) is 5.69 Å². The molecule has 3 unspecified atom stereocenters. The van der Waals surface area contributed by atoms with Gasteiger partial charge in [0.2, 0.25) is 0 Å². The van der Waals surface area contributed by atoms with E-state index >= 15 is 0 Å². The third-order valence-corrected chi connectivity index (χ3v) is 5.14. The molecule has 0 radical (unpaired) electrons. The van der Waals surface area contributed by atoms with E-state index in [1.165, 1.54) is 12.1 Å². The van der Waals surface area contributed by atoms with Gasteiger partial charge in [0.15, 0.2) is 0 Å². The molecule has 146 valence electrons. The second-order valence-electron chi connectivity index (χ2n) is 7.03. The molecule has 0 spiro atoms. The van der Waals surface area contributed by atoms with Gasteiger partial charge < -0.3 is 10.1 Å². The van der Waals surface area contributed by atoms with E-state index in [0.717, 1.165) is 11.3 Å². The summed E-state index contributed by atoms with van der Waals surface area (Å²) in [7, 11) is 0. The Morgan fingerprint density at radius 1 is 1.36 bits per heavy atom. The largest absolute Gasteiger partial charge is 0.466 e. The first-order valence-corrected chi connectivity index (χ1v) is 9.15. The minimum Gasteiger partial charge on any atom is -0.466 e. The van der Waals surface area contributed by atoms with Crippen molar-refractivity contribution in [3.8, 4) is 0 Å². The molecular formula is C21H23N3O4. The van der Waals surface area contributed by atoms with Crippen LogP contribution in [-0.2, 0) is 15.1 Å². The molecule has 1 aromatic heterocycles. The van der Waals surface area contributed by atoms with Gasteiger partial charge in [-0.15, -0.1) is 0 Å². The van der Waals surface area contributed by atoms with Crippen molar-refractivity contribution >= 4 is 11.7 Å². The van der Waals surface area contributed by atoms with Crippen molar-refractivity contribution in [2.75, 3.05) is 6.61 Å². The number of nitro benzene ring substituents is 1. The molecule has 0 bridgehead atoms. The summed E-state index contributed by atoms with van der Waals surface area (Å²) < 4.78 is 5.40. The fourth-order valence-corrected chi connectivity index (χ4v) is 3.92. The number of nitro groups is 1. The molecule has 0 saturated heterocycles. The van der Waals surface area contributed by atoms with Crippen LogP contribution in [0.2, 0.25) is 0 Å². The summed E-state index contributed by atoms with van der Waals surface area (Å²) in [4.78, 5) is 28.1. The summed E-state index contributed by atoms with van der Waals surface area (Å²) in [5.74, 6) is -1.37. The average molecular weight is 381 g/mol. The quantitative estimate of drug-likeness (QED) is 0.482. The highest BCUT2D eigenvalue weighted by atomic mass is 16.6. The SMILES string of the molecule is CCOC(=O)C1C(c2cccc([N+](=O)[O-])c2)C=C(C)NC1(C)c1cccnc1. The molecule has 0 saturated carbocycles. The number of pyridine rings is 1. The van der Waals surface area contributed by atoms with Gasteiger partial charge in [0.1, 0.15) is 0 Å². The van der Waals surface area contributed by atoms with Crippen LogP contribution in [0.3, 0.4) is 0 Å². The van der Waals surface area contributed by atoms with E-state index in [2.05, 4.69) is 10.3 Å². The van der Waals surface area contributed by atoms with E-state index in [1.54, 1.807) is 25.4 Å². The fourth-order valence-electron chi connectivity index (χ4n) is 3.92. The number of rotatable bonds is 5. The second-order valence-corrected chi connectivity index (χ2v) is 7.03. The lowest BCUT2D eigenvalue weighted by molar-refractivity contribution is -0.384. The van der Waals surface area contributed by atoms with Crippen LogP contribution in [0.25, 0.3) is 0 Å². The monoisotopic (exact) mass is 381 g/mol. The molecule has 2 aromatic rings.